The molecule has 0 unspecified atom stereocenters. The minimum absolute atomic E-state index is 0.276. The maximum absolute atomic E-state index is 12.3. The van der Waals surface area contributed by atoms with Crippen molar-refractivity contribution in [1.82, 2.24) is 10.8 Å². The first-order valence-corrected chi connectivity index (χ1v) is 7.71. The lowest BCUT2D eigenvalue weighted by molar-refractivity contribution is 0.0711. The minimum Gasteiger partial charge on any atom is -0.451 e. The van der Waals surface area contributed by atoms with Gasteiger partial charge < -0.3 is 9.73 Å². The van der Waals surface area contributed by atoms with Crippen molar-refractivity contribution in [1.29, 1.82) is 0 Å². The molecule has 0 radical (unpaired) electrons. The van der Waals surface area contributed by atoms with E-state index in [0.717, 1.165) is 15.8 Å². The Kier molecular flexibility index (Phi) is 4.14. The molecule has 0 saturated carbocycles. The van der Waals surface area contributed by atoms with Gasteiger partial charge in [0.2, 0.25) is 0 Å². The number of hydrogen-bond acceptors (Lipinski definition) is 5. The number of carbonyl (C=O) groups excluding carboxylic acids is 2. The molecule has 1 aromatic carbocycles. The highest BCUT2D eigenvalue weighted by Crippen LogP contribution is 2.25. The van der Waals surface area contributed by atoms with Crippen LogP contribution in [-0.4, -0.2) is 17.0 Å². The van der Waals surface area contributed by atoms with Crippen molar-refractivity contribution in [2.45, 2.75) is 13.5 Å². The summed E-state index contributed by atoms with van der Waals surface area (Å²) in [5.41, 5.74) is 3.05. The summed E-state index contributed by atoms with van der Waals surface area (Å²) in [7, 11) is 0. The van der Waals surface area contributed by atoms with Gasteiger partial charge in [-0.3, -0.25) is 14.8 Å². The highest BCUT2D eigenvalue weighted by Gasteiger charge is 2.17. The van der Waals surface area contributed by atoms with Crippen molar-refractivity contribution in [2.24, 2.45) is 0 Å². The van der Waals surface area contributed by atoms with E-state index < -0.39 is 5.91 Å². The molecule has 3 rings (SSSR count). The Hall–Kier alpha value is -2.64. The van der Waals surface area contributed by atoms with Gasteiger partial charge >= 0.3 is 0 Å². The van der Waals surface area contributed by atoms with Crippen LogP contribution in [-0.2, 0) is 6.54 Å². The summed E-state index contributed by atoms with van der Waals surface area (Å²) >= 11 is 1.19. The van der Waals surface area contributed by atoms with Gasteiger partial charge in [-0.15, -0.1) is 11.3 Å². The number of para-hydroxylation sites is 1. The molecule has 3 N–H and O–H groups in total. The van der Waals surface area contributed by atoms with Gasteiger partial charge in [0.15, 0.2) is 5.76 Å². The topological polar surface area (TPSA) is 91.6 Å². The van der Waals surface area contributed by atoms with Crippen molar-refractivity contribution < 1.29 is 19.2 Å². The van der Waals surface area contributed by atoms with Crippen LogP contribution in [0.1, 0.15) is 30.7 Å². The van der Waals surface area contributed by atoms with Crippen LogP contribution in [0.5, 0.6) is 0 Å². The SMILES string of the molecule is Cc1c(C(=O)NCc2ccc(C(=O)NO)s2)oc2ccccc12. The number of amides is 2. The van der Waals surface area contributed by atoms with E-state index in [1.165, 1.54) is 11.3 Å². The van der Waals surface area contributed by atoms with Crippen molar-refractivity contribution in [3.8, 4) is 0 Å². The standard InChI is InChI=1S/C16H14N2O4S/c1-9-11-4-2-3-5-12(11)22-14(9)16(20)17-8-10-6-7-13(23-10)15(19)18-21/h2-7,21H,8H2,1H3,(H,17,20)(H,18,19). The first-order chi connectivity index (χ1) is 11.1. The maximum atomic E-state index is 12.3. The van der Waals surface area contributed by atoms with E-state index in [-0.39, 0.29) is 18.2 Å². The van der Waals surface area contributed by atoms with E-state index in [9.17, 15) is 9.59 Å². The van der Waals surface area contributed by atoms with Crippen molar-refractivity contribution in [2.75, 3.05) is 0 Å². The number of rotatable bonds is 4. The lowest BCUT2D eigenvalue weighted by Gasteiger charge is -2.01. The molecular weight excluding hydrogens is 316 g/mol. The van der Waals surface area contributed by atoms with Crippen LogP contribution in [0.15, 0.2) is 40.8 Å². The fraction of sp³-hybridized carbons (Fsp3) is 0.125. The van der Waals surface area contributed by atoms with Gasteiger partial charge in [-0.05, 0) is 25.1 Å². The van der Waals surface area contributed by atoms with Crippen LogP contribution in [0.25, 0.3) is 11.0 Å². The predicted octanol–water partition coefficient (Wildman–Crippen LogP) is 2.85. The van der Waals surface area contributed by atoms with Crippen LogP contribution in [0.4, 0.5) is 0 Å². The van der Waals surface area contributed by atoms with Crippen LogP contribution in [0.2, 0.25) is 0 Å². The Morgan fingerprint density at radius 1 is 1.17 bits per heavy atom. The first-order valence-electron chi connectivity index (χ1n) is 6.89. The normalized spacial score (nSPS) is 10.7. The average Bonchev–Trinajstić information content (AvgIpc) is 3.17. The van der Waals surface area contributed by atoms with E-state index in [1.807, 2.05) is 31.2 Å². The number of fused-ring (bicyclic) bond motifs is 1. The van der Waals surface area contributed by atoms with Crippen LogP contribution >= 0.6 is 11.3 Å². The molecule has 2 aromatic heterocycles. The second-order valence-electron chi connectivity index (χ2n) is 4.94. The molecule has 23 heavy (non-hydrogen) atoms. The highest BCUT2D eigenvalue weighted by molar-refractivity contribution is 7.14. The lowest BCUT2D eigenvalue weighted by Crippen LogP contribution is -2.22. The summed E-state index contributed by atoms with van der Waals surface area (Å²) in [4.78, 5) is 24.7. The van der Waals surface area contributed by atoms with Gasteiger partial charge in [0.1, 0.15) is 5.58 Å². The number of nitrogens with one attached hydrogen (secondary N) is 2. The number of thiophene rings is 1. The van der Waals surface area contributed by atoms with Crippen molar-refractivity contribution >= 4 is 34.1 Å². The second-order valence-corrected chi connectivity index (χ2v) is 6.11. The number of benzene rings is 1. The zero-order valence-electron chi connectivity index (χ0n) is 12.3. The highest BCUT2D eigenvalue weighted by atomic mass is 32.1. The molecule has 7 heteroatoms. The molecule has 6 nitrogen and oxygen atoms in total. The summed E-state index contributed by atoms with van der Waals surface area (Å²) in [5, 5.41) is 12.3. The van der Waals surface area contributed by atoms with E-state index in [4.69, 9.17) is 9.62 Å². The fourth-order valence-corrected chi connectivity index (χ4v) is 3.13. The molecule has 3 aromatic rings. The van der Waals surface area contributed by atoms with Gasteiger partial charge in [-0.25, -0.2) is 5.48 Å². The fourth-order valence-electron chi connectivity index (χ4n) is 2.29. The molecule has 0 aliphatic rings. The summed E-state index contributed by atoms with van der Waals surface area (Å²) in [5.74, 6) is -0.586. The molecule has 0 saturated heterocycles. The lowest BCUT2D eigenvalue weighted by atomic mass is 10.1. The van der Waals surface area contributed by atoms with Gasteiger partial charge in [-0.2, -0.15) is 0 Å². The maximum Gasteiger partial charge on any atom is 0.287 e. The van der Waals surface area contributed by atoms with Crippen LogP contribution in [0.3, 0.4) is 0 Å². The first kappa shape index (κ1) is 15.3. The Bertz CT molecular complexity index is 881. The number of aryl methyl sites for hydroxylation is 1. The number of hydrogen-bond donors (Lipinski definition) is 3. The Morgan fingerprint density at radius 2 is 1.96 bits per heavy atom. The van der Waals surface area contributed by atoms with E-state index in [2.05, 4.69) is 5.32 Å². The van der Waals surface area contributed by atoms with Gasteiger partial charge in [-0.1, -0.05) is 18.2 Å². The molecule has 118 valence electrons. The van der Waals surface area contributed by atoms with E-state index in [0.29, 0.717) is 10.5 Å². The van der Waals surface area contributed by atoms with E-state index >= 15 is 0 Å². The van der Waals surface area contributed by atoms with Gasteiger partial charge in [0.05, 0.1) is 11.4 Å². The Labute approximate surface area is 135 Å². The predicted molar refractivity (Wildman–Crippen MR) is 85.7 cm³/mol. The molecule has 0 fully saturated rings. The number of carbonyl (C=O) groups is 2. The van der Waals surface area contributed by atoms with E-state index in [1.54, 1.807) is 17.6 Å². The summed E-state index contributed by atoms with van der Waals surface area (Å²) in [6.07, 6.45) is 0. The third-order valence-electron chi connectivity index (χ3n) is 3.46. The Morgan fingerprint density at radius 3 is 2.70 bits per heavy atom. The molecule has 0 aliphatic heterocycles. The summed E-state index contributed by atoms with van der Waals surface area (Å²) in [6.45, 7) is 2.12. The monoisotopic (exact) mass is 330 g/mol. The largest absolute Gasteiger partial charge is 0.451 e. The smallest absolute Gasteiger partial charge is 0.287 e. The zero-order valence-corrected chi connectivity index (χ0v) is 13.1. The third kappa shape index (κ3) is 2.96. The summed E-state index contributed by atoms with van der Waals surface area (Å²) in [6, 6.07) is 10.8. The van der Waals surface area contributed by atoms with Crippen molar-refractivity contribution in [3.63, 3.8) is 0 Å². The second kappa shape index (κ2) is 6.23. The third-order valence-corrected chi connectivity index (χ3v) is 4.54. The molecule has 0 atom stereocenters. The molecule has 2 heterocycles. The molecule has 0 spiro atoms. The Balaban J connectivity index is 1.72. The number of hydroxylamine groups is 1. The van der Waals surface area contributed by atoms with Crippen LogP contribution in [0, 0.1) is 6.92 Å². The molecule has 0 bridgehead atoms. The molecular formula is C16H14N2O4S. The molecule has 2 amide bonds. The molecule has 0 aliphatic carbocycles. The van der Waals surface area contributed by atoms with Gasteiger partial charge in [0, 0.05) is 15.8 Å². The summed E-state index contributed by atoms with van der Waals surface area (Å²) < 4.78 is 5.60. The van der Waals surface area contributed by atoms with Crippen molar-refractivity contribution in [3.05, 3.63) is 57.5 Å². The minimum atomic E-state index is -0.569. The number of furan rings is 1. The average molecular weight is 330 g/mol. The zero-order chi connectivity index (χ0) is 16.4. The van der Waals surface area contributed by atoms with Crippen LogP contribution < -0.4 is 10.8 Å². The van der Waals surface area contributed by atoms with Gasteiger partial charge in [0.25, 0.3) is 11.8 Å². The quantitative estimate of drug-likeness (QED) is 0.507.